The fourth-order valence-electron chi connectivity index (χ4n) is 2.72. The normalized spacial score (nSPS) is 11.7. The van der Waals surface area contributed by atoms with Crippen molar-refractivity contribution in [3.8, 4) is 11.6 Å². The zero-order chi connectivity index (χ0) is 19.7. The molecule has 0 radical (unpaired) electrons. The quantitative estimate of drug-likeness (QED) is 0.511. The van der Waals surface area contributed by atoms with E-state index in [2.05, 4.69) is 9.97 Å². The van der Waals surface area contributed by atoms with Gasteiger partial charge in [0.1, 0.15) is 11.6 Å². The van der Waals surface area contributed by atoms with Gasteiger partial charge in [-0.2, -0.15) is 4.98 Å². The van der Waals surface area contributed by atoms with Crippen LogP contribution in [0.25, 0.3) is 0 Å². The number of benzene rings is 1. The molecule has 0 aliphatic heterocycles. The summed E-state index contributed by atoms with van der Waals surface area (Å²) in [4.78, 5) is 8.99. The van der Waals surface area contributed by atoms with Crippen LogP contribution in [-0.2, 0) is 16.3 Å². The van der Waals surface area contributed by atoms with Gasteiger partial charge < -0.3 is 4.74 Å². The molecule has 0 amide bonds. The Morgan fingerprint density at radius 3 is 2.33 bits per heavy atom. The number of para-hydroxylation sites is 1. The molecule has 2 rings (SSSR count). The predicted molar refractivity (Wildman–Crippen MR) is 109 cm³/mol. The molecular formula is C21H30N2O3S. The third-order valence-electron chi connectivity index (χ3n) is 4.39. The lowest BCUT2D eigenvalue weighted by Gasteiger charge is -2.08. The molecule has 0 N–H and O–H groups in total. The molecule has 0 saturated carbocycles. The lowest BCUT2D eigenvalue weighted by molar-refractivity contribution is 0.456. The van der Waals surface area contributed by atoms with Gasteiger partial charge in [0.25, 0.3) is 0 Å². The Kier molecular flexibility index (Phi) is 8.23. The molecule has 0 spiro atoms. The molecule has 0 fully saturated rings. The third kappa shape index (κ3) is 7.67. The second-order valence-electron chi connectivity index (χ2n) is 7.11. The maximum Gasteiger partial charge on any atom is 0.222 e. The van der Waals surface area contributed by atoms with E-state index < -0.39 is 9.84 Å². The Bertz CT molecular complexity index is 805. The van der Waals surface area contributed by atoms with E-state index in [1.165, 1.54) is 0 Å². The van der Waals surface area contributed by atoms with Crippen LogP contribution in [0, 0.1) is 6.92 Å². The summed E-state index contributed by atoms with van der Waals surface area (Å²) in [5.74, 6) is 2.43. The Morgan fingerprint density at radius 2 is 1.63 bits per heavy atom. The summed E-state index contributed by atoms with van der Waals surface area (Å²) in [5, 5.41) is -0.275. The lowest BCUT2D eigenvalue weighted by atomic mass is 10.1. The molecule has 0 aliphatic rings. The highest BCUT2D eigenvalue weighted by Gasteiger charge is 2.14. The van der Waals surface area contributed by atoms with Crippen LogP contribution in [-0.4, -0.2) is 29.4 Å². The van der Waals surface area contributed by atoms with E-state index >= 15 is 0 Å². The number of rotatable bonds is 11. The molecule has 0 aliphatic carbocycles. The first-order valence-corrected chi connectivity index (χ1v) is 11.4. The number of hydrogen-bond donors (Lipinski definition) is 0. The fraction of sp³-hybridized carbons (Fsp3) is 0.524. The summed E-state index contributed by atoms with van der Waals surface area (Å²) in [6.07, 6.45) is 5.57. The van der Waals surface area contributed by atoms with E-state index in [1.807, 2.05) is 43.3 Å². The van der Waals surface area contributed by atoms with E-state index in [9.17, 15) is 8.42 Å². The number of hydrogen-bond acceptors (Lipinski definition) is 5. The maximum atomic E-state index is 11.8. The van der Waals surface area contributed by atoms with Crippen molar-refractivity contribution in [1.29, 1.82) is 0 Å². The number of nitrogens with zero attached hydrogens (tertiary/aromatic N) is 2. The Morgan fingerprint density at radius 1 is 0.963 bits per heavy atom. The molecule has 2 aromatic rings. The molecular weight excluding hydrogens is 360 g/mol. The zero-order valence-electron chi connectivity index (χ0n) is 16.5. The summed E-state index contributed by atoms with van der Waals surface area (Å²) in [5.41, 5.74) is 0.893. The number of unbranched alkanes of at least 4 members (excludes halogenated alkanes) is 4. The Hall–Kier alpha value is -1.95. The van der Waals surface area contributed by atoms with Crippen molar-refractivity contribution in [2.24, 2.45) is 0 Å². The maximum absolute atomic E-state index is 11.8. The first-order valence-electron chi connectivity index (χ1n) is 9.66. The van der Waals surface area contributed by atoms with Gasteiger partial charge >= 0.3 is 0 Å². The zero-order valence-corrected chi connectivity index (χ0v) is 17.3. The number of sulfone groups is 1. The van der Waals surface area contributed by atoms with Crippen LogP contribution >= 0.6 is 0 Å². The minimum absolute atomic E-state index is 0.275. The van der Waals surface area contributed by atoms with Crippen molar-refractivity contribution in [2.45, 2.75) is 64.5 Å². The van der Waals surface area contributed by atoms with Crippen LogP contribution in [0.3, 0.4) is 0 Å². The first kappa shape index (κ1) is 21.4. The van der Waals surface area contributed by atoms with Gasteiger partial charge in [0.2, 0.25) is 5.88 Å². The molecule has 0 saturated heterocycles. The van der Waals surface area contributed by atoms with Gasteiger partial charge in [-0.05, 0) is 45.7 Å². The molecule has 0 atom stereocenters. The Balaban J connectivity index is 1.73. The summed E-state index contributed by atoms with van der Waals surface area (Å²) in [6.45, 7) is 5.43. The van der Waals surface area contributed by atoms with Gasteiger partial charge in [0.15, 0.2) is 9.84 Å². The molecule has 0 unspecified atom stereocenters. The van der Waals surface area contributed by atoms with E-state index in [0.717, 1.165) is 55.8 Å². The highest BCUT2D eigenvalue weighted by atomic mass is 32.2. The van der Waals surface area contributed by atoms with Crippen molar-refractivity contribution >= 4 is 9.84 Å². The van der Waals surface area contributed by atoms with Crippen LogP contribution in [0.15, 0.2) is 36.4 Å². The van der Waals surface area contributed by atoms with Gasteiger partial charge in [-0.3, -0.25) is 0 Å². The van der Waals surface area contributed by atoms with Gasteiger partial charge in [-0.15, -0.1) is 0 Å². The Labute approximate surface area is 163 Å². The van der Waals surface area contributed by atoms with Crippen molar-refractivity contribution in [1.82, 2.24) is 9.97 Å². The van der Waals surface area contributed by atoms with Gasteiger partial charge in [0.05, 0.1) is 11.0 Å². The van der Waals surface area contributed by atoms with Crippen molar-refractivity contribution in [2.75, 3.05) is 5.75 Å². The third-order valence-corrected chi connectivity index (χ3v) is 6.68. The van der Waals surface area contributed by atoms with E-state index in [1.54, 1.807) is 13.8 Å². The van der Waals surface area contributed by atoms with Crippen molar-refractivity contribution < 1.29 is 13.2 Å². The summed E-state index contributed by atoms with van der Waals surface area (Å²) in [7, 11) is -2.90. The molecule has 1 aromatic carbocycles. The van der Waals surface area contributed by atoms with Crippen LogP contribution in [0.4, 0.5) is 0 Å². The average Bonchev–Trinajstić information content (AvgIpc) is 2.61. The fourth-order valence-corrected chi connectivity index (χ4v) is 3.80. The number of aryl methyl sites for hydroxylation is 2. The van der Waals surface area contributed by atoms with Crippen molar-refractivity contribution in [3.05, 3.63) is 47.9 Å². The molecule has 1 heterocycles. The summed E-state index contributed by atoms with van der Waals surface area (Å²) >= 11 is 0. The van der Waals surface area contributed by atoms with E-state index in [0.29, 0.717) is 11.6 Å². The largest absolute Gasteiger partial charge is 0.439 e. The topological polar surface area (TPSA) is 69.2 Å². The summed E-state index contributed by atoms with van der Waals surface area (Å²) < 4.78 is 29.3. The second-order valence-corrected chi connectivity index (χ2v) is 9.79. The number of ether oxygens (including phenoxy) is 1. The highest BCUT2D eigenvalue weighted by Crippen LogP contribution is 2.20. The SMILES string of the molecule is Cc1cc(Oc2ccccc2)nc(CCCCCCCS(=O)(=O)C(C)C)n1. The van der Waals surface area contributed by atoms with Crippen LogP contribution in [0.2, 0.25) is 0 Å². The van der Waals surface area contributed by atoms with Gasteiger partial charge in [-0.25, -0.2) is 13.4 Å². The molecule has 1 aromatic heterocycles. The van der Waals surface area contributed by atoms with Gasteiger partial charge in [0, 0.05) is 18.2 Å². The molecule has 148 valence electrons. The van der Waals surface area contributed by atoms with Crippen LogP contribution < -0.4 is 4.74 Å². The smallest absolute Gasteiger partial charge is 0.222 e. The molecule has 6 heteroatoms. The monoisotopic (exact) mass is 390 g/mol. The minimum Gasteiger partial charge on any atom is -0.439 e. The van der Waals surface area contributed by atoms with Crippen LogP contribution in [0.5, 0.6) is 11.6 Å². The first-order chi connectivity index (χ1) is 12.9. The summed E-state index contributed by atoms with van der Waals surface area (Å²) in [6, 6.07) is 11.4. The van der Waals surface area contributed by atoms with E-state index in [4.69, 9.17) is 4.74 Å². The van der Waals surface area contributed by atoms with E-state index in [-0.39, 0.29) is 5.25 Å². The van der Waals surface area contributed by atoms with Crippen molar-refractivity contribution in [3.63, 3.8) is 0 Å². The number of aromatic nitrogens is 2. The highest BCUT2D eigenvalue weighted by molar-refractivity contribution is 7.91. The van der Waals surface area contributed by atoms with Gasteiger partial charge in [-0.1, -0.05) is 37.5 Å². The molecule has 27 heavy (non-hydrogen) atoms. The molecule has 5 nitrogen and oxygen atoms in total. The lowest BCUT2D eigenvalue weighted by Crippen LogP contribution is -2.17. The minimum atomic E-state index is -2.90. The predicted octanol–water partition coefficient (Wildman–Crippen LogP) is 4.89. The standard InChI is InChI=1S/C21H30N2O3S/c1-17(2)27(24,25)15-11-6-4-5-10-14-20-22-18(3)16-21(23-20)26-19-12-8-7-9-13-19/h7-9,12-13,16-17H,4-6,10-11,14-15H2,1-3H3. The average molecular weight is 391 g/mol. The molecule has 0 bridgehead atoms. The second kappa shape index (κ2) is 10.4. The van der Waals surface area contributed by atoms with Crippen LogP contribution in [0.1, 0.15) is 57.5 Å².